The first-order chi connectivity index (χ1) is 21.4. The van der Waals surface area contributed by atoms with Crippen molar-refractivity contribution in [2.75, 3.05) is 0 Å². The molecule has 1 N–H and O–H groups in total. The van der Waals surface area contributed by atoms with Crippen LogP contribution < -0.4 is 9.46 Å². The van der Waals surface area contributed by atoms with Crippen molar-refractivity contribution in [3.05, 3.63) is 72.2 Å². The highest BCUT2D eigenvalue weighted by molar-refractivity contribution is 7.90. The van der Waals surface area contributed by atoms with Crippen LogP contribution in [0.1, 0.15) is 93.3 Å². The van der Waals surface area contributed by atoms with E-state index in [2.05, 4.69) is 58.2 Å². The number of aliphatic imine (C=N–C) groups is 1. The molecule has 46 heavy (non-hydrogen) atoms. The van der Waals surface area contributed by atoms with E-state index in [0.29, 0.717) is 12.4 Å². The van der Waals surface area contributed by atoms with Crippen LogP contribution in [0.5, 0.6) is 5.75 Å². The minimum atomic E-state index is -1.93. The van der Waals surface area contributed by atoms with Crippen molar-refractivity contribution in [3.63, 3.8) is 0 Å². The summed E-state index contributed by atoms with van der Waals surface area (Å²) in [6.07, 6.45) is 7.12. The molecule has 2 atom stereocenters. The molecule has 0 saturated carbocycles. The van der Waals surface area contributed by atoms with E-state index < -0.39 is 24.4 Å². The molecule has 0 aliphatic rings. The summed E-state index contributed by atoms with van der Waals surface area (Å²) >= 11 is -1.25. The summed E-state index contributed by atoms with van der Waals surface area (Å²) in [5.41, 5.74) is 4.20. The number of ether oxygens (including phenoxy) is 1. The minimum Gasteiger partial charge on any atom is -0.598 e. The van der Waals surface area contributed by atoms with Gasteiger partial charge in [0.05, 0.1) is 47.2 Å². The van der Waals surface area contributed by atoms with Crippen LogP contribution in [-0.4, -0.2) is 50.2 Å². The summed E-state index contributed by atoms with van der Waals surface area (Å²) in [6, 6.07) is 9.86. The second-order valence-corrected chi connectivity index (χ2v) is 21.3. The average molecular weight is 666 g/mol. The van der Waals surface area contributed by atoms with Gasteiger partial charge < -0.3 is 13.7 Å². The van der Waals surface area contributed by atoms with Crippen LogP contribution in [0, 0.1) is 0 Å². The molecular weight excluding hydrogens is 611 g/mol. The fourth-order valence-corrected chi connectivity index (χ4v) is 6.24. The van der Waals surface area contributed by atoms with Gasteiger partial charge >= 0.3 is 0 Å². The first-order valence-electron chi connectivity index (χ1n) is 16.2. The molecule has 3 rings (SSSR count). The summed E-state index contributed by atoms with van der Waals surface area (Å²) in [7, 11) is -1.93. The zero-order chi connectivity index (χ0) is 34.4. The molecule has 252 valence electrons. The van der Waals surface area contributed by atoms with E-state index >= 15 is 0 Å². The van der Waals surface area contributed by atoms with Crippen LogP contribution in [-0.2, 0) is 22.4 Å². The lowest BCUT2D eigenvalue weighted by atomic mass is 10.1. The van der Waals surface area contributed by atoms with Gasteiger partial charge in [0.2, 0.25) is 0 Å². The molecule has 0 saturated heterocycles. The maximum Gasteiger partial charge on any atom is 0.192 e. The second-order valence-electron chi connectivity index (χ2n) is 14.5. The van der Waals surface area contributed by atoms with Crippen LogP contribution in [0.3, 0.4) is 0 Å². The standard InChI is InChI=1S/C36H55N5O3SSi/c1-14-17-30(31(18-15-2)40-45(42)35(6,7)8)38-26(5)27-21-32-29(33(22-27)44-25(3)4)23-37-41(32)34-20-16-19-28(39-34)24-43-46(12,13)36(9,10)11/h14,16-17,19-23,25,31,40H,1,15,18,24H2,2-13H3/b30-17-,38-26+/t31-,45+/m0/s1. The van der Waals surface area contributed by atoms with Crippen LogP contribution >= 0.6 is 0 Å². The zero-order valence-electron chi connectivity index (χ0n) is 30.0. The van der Waals surface area contributed by atoms with Gasteiger partial charge in [0.1, 0.15) is 10.5 Å². The highest BCUT2D eigenvalue weighted by atomic mass is 32.2. The van der Waals surface area contributed by atoms with Gasteiger partial charge in [0.25, 0.3) is 0 Å². The summed E-state index contributed by atoms with van der Waals surface area (Å²) in [4.78, 5) is 10.0. The van der Waals surface area contributed by atoms with Crippen molar-refractivity contribution in [2.24, 2.45) is 4.99 Å². The number of hydrogen-bond acceptors (Lipinski definition) is 7. The van der Waals surface area contributed by atoms with E-state index in [4.69, 9.17) is 24.2 Å². The number of aromatic nitrogens is 3. The summed E-state index contributed by atoms with van der Waals surface area (Å²) < 4.78 is 30.6. The van der Waals surface area contributed by atoms with Gasteiger partial charge in [-0.05, 0) is 96.4 Å². The Balaban J connectivity index is 2.09. The molecule has 2 aromatic heterocycles. The third-order valence-electron chi connectivity index (χ3n) is 8.15. The van der Waals surface area contributed by atoms with Crippen molar-refractivity contribution in [1.82, 2.24) is 19.5 Å². The van der Waals surface area contributed by atoms with Crippen LogP contribution in [0.25, 0.3) is 16.7 Å². The fourth-order valence-electron chi connectivity index (χ4n) is 4.45. The number of fused-ring (bicyclic) bond motifs is 1. The Hall–Kier alpha value is -2.76. The predicted octanol–water partition coefficient (Wildman–Crippen LogP) is 8.83. The van der Waals surface area contributed by atoms with Crippen molar-refractivity contribution in [2.45, 2.75) is 124 Å². The Labute approximate surface area is 281 Å². The normalized spacial score (nSPS) is 15.0. The Morgan fingerprint density at radius 1 is 1.17 bits per heavy atom. The molecule has 0 bridgehead atoms. The Bertz CT molecular complexity index is 1550. The molecule has 0 spiro atoms. The van der Waals surface area contributed by atoms with Gasteiger partial charge in [-0.2, -0.15) is 5.10 Å². The molecule has 0 unspecified atom stereocenters. The zero-order valence-corrected chi connectivity index (χ0v) is 31.8. The molecule has 3 aromatic rings. The van der Waals surface area contributed by atoms with Gasteiger partial charge in [-0.15, -0.1) is 4.72 Å². The van der Waals surface area contributed by atoms with E-state index in [1.165, 1.54) is 0 Å². The number of allylic oxidation sites excluding steroid dienone is 2. The third-order valence-corrected chi connectivity index (χ3v) is 14.2. The fraction of sp³-hybridized carbons (Fsp3) is 0.528. The summed E-state index contributed by atoms with van der Waals surface area (Å²) in [5.74, 6) is 1.43. The lowest BCUT2D eigenvalue weighted by Gasteiger charge is -2.36. The molecule has 0 fully saturated rings. The number of rotatable bonds is 14. The topological polar surface area (TPSA) is 96.6 Å². The van der Waals surface area contributed by atoms with Crippen LogP contribution in [0.15, 0.2) is 65.9 Å². The number of benzene rings is 1. The van der Waals surface area contributed by atoms with E-state index in [9.17, 15) is 4.55 Å². The molecule has 10 heteroatoms. The van der Waals surface area contributed by atoms with Crippen molar-refractivity contribution >= 4 is 36.3 Å². The largest absolute Gasteiger partial charge is 0.598 e. The molecule has 0 radical (unpaired) electrons. The Kier molecular flexibility index (Phi) is 12.6. The third kappa shape index (κ3) is 9.64. The summed E-state index contributed by atoms with van der Waals surface area (Å²) in [5, 5.41) is 5.76. The SMILES string of the molecule is C=C/C=C(\N=C(/C)c1cc(OC(C)C)c2cnn(-c3cccc(CO[Si](C)(C)C(C)(C)C)n3)c2c1)[C@H](CCC)N[S@+]([O-])C(C)(C)C. The smallest absolute Gasteiger partial charge is 0.192 e. The quantitative estimate of drug-likeness (QED) is 0.0800. The van der Waals surface area contributed by atoms with Crippen molar-refractivity contribution in [1.29, 1.82) is 0 Å². The molecular formula is C36H55N5O3SSi. The van der Waals surface area contributed by atoms with Gasteiger partial charge in [-0.3, -0.25) is 4.99 Å². The molecule has 8 nitrogen and oxygen atoms in total. The summed E-state index contributed by atoms with van der Waals surface area (Å²) in [6.45, 7) is 29.6. The average Bonchev–Trinajstić information content (AvgIpc) is 3.39. The van der Waals surface area contributed by atoms with E-state index in [-0.39, 0.29) is 17.2 Å². The minimum absolute atomic E-state index is 0.0327. The van der Waals surface area contributed by atoms with Gasteiger partial charge in [0.15, 0.2) is 14.1 Å². The molecule has 0 aliphatic heterocycles. The first kappa shape index (κ1) is 37.7. The van der Waals surface area contributed by atoms with E-state index in [1.807, 2.05) is 82.8 Å². The number of nitrogens with zero attached hydrogens (tertiary/aromatic N) is 4. The second kappa shape index (κ2) is 15.4. The monoisotopic (exact) mass is 665 g/mol. The molecule has 0 amide bonds. The number of nitrogens with one attached hydrogen (secondary N) is 1. The lowest BCUT2D eigenvalue weighted by Crippen LogP contribution is -2.45. The Morgan fingerprint density at radius 3 is 2.46 bits per heavy atom. The highest BCUT2D eigenvalue weighted by Crippen LogP contribution is 2.37. The maximum atomic E-state index is 13.1. The first-order valence-corrected chi connectivity index (χ1v) is 20.3. The van der Waals surface area contributed by atoms with E-state index in [0.717, 1.165) is 52.2 Å². The van der Waals surface area contributed by atoms with Gasteiger partial charge in [-0.25, -0.2) is 9.67 Å². The van der Waals surface area contributed by atoms with Crippen molar-refractivity contribution in [3.8, 4) is 11.6 Å². The van der Waals surface area contributed by atoms with E-state index in [1.54, 1.807) is 6.08 Å². The highest BCUT2D eigenvalue weighted by Gasteiger charge is 2.37. The lowest BCUT2D eigenvalue weighted by molar-refractivity contribution is 0.245. The van der Waals surface area contributed by atoms with Gasteiger partial charge in [0, 0.05) is 22.6 Å². The number of hydrogen-bond donors (Lipinski definition) is 1. The number of pyridine rings is 1. The maximum absolute atomic E-state index is 13.1. The van der Waals surface area contributed by atoms with Crippen molar-refractivity contribution < 1.29 is 13.7 Å². The predicted molar refractivity (Wildman–Crippen MR) is 197 cm³/mol. The van der Waals surface area contributed by atoms with Crippen LogP contribution in [0.4, 0.5) is 0 Å². The molecule has 2 heterocycles. The van der Waals surface area contributed by atoms with Crippen LogP contribution in [0.2, 0.25) is 18.1 Å². The van der Waals surface area contributed by atoms with Gasteiger partial charge in [-0.1, -0.05) is 52.8 Å². The Morgan fingerprint density at radius 2 is 1.87 bits per heavy atom. The molecule has 1 aromatic carbocycles. The molecule has 0 aliphatic carbocycles.